The minimum absolute atomic E-state index is 0.144. The number of esters is 2. The lowest BCUT2D eigenvalue weighted by atomic mass is 9.74. The van der Waals surface area contributed by atoms with E-state index in [1.54, 1.807) is 0 Å². The van der Waals surface area contributed by atoms with E-state index in [9.17, 15) is 45.3 Å². The van der Waals surface area contributed by atoms with Gasteiger partial charge in [-0.15, -0.1) is 0 Å². The molecule has 3 saturated heterocycles. The summed E-state index contributed by atoms with van der Waals surface area (Å²) in [6, 6.07) is 5.15. The Morgan fingerprint density at radius 1 is 1.14 bits per heavy atom. The van der Waals surface area contributed by atoms with E-state index in [4.69, 9.17) is 23.7 Å². The summed E-state index contributed by atoms with van der Waals surface area (Å²) in [4.78, 5) is 25.5. The van der Waals surface area contributed by atoms with E-state index >= 15 is 0 Å². The van der Waals surface area contributed by atoms with Crippen molar-refractivity contribution in [1.82, 2.24) is 0 Å². The maximum Gasteiger partial charge on any atom is 0.345 e. The summed E-state index contributed by atoms with van der Waals surface area (Å²) in [5, 5.41) is 72.4. The summed E-state index contributed by atoms with van der Waals surface area (Å²) in [6.45, 7) is -1.29. The second-order valence-corrected chi connectivity index (χ2v) is 8.88. The molecule has 0 amide bonds. The van der Waals surface area contributed by atoms with E-state index in [0.717, 1.165) is 7.11 Å². The molecule has 0 saturated carbocycles. The number of phenols is 1. The molecular formula is C22H28O14. The Bertz CT molecular complexity index is 968. The summed E-state index contributed by atoms with van der Waals surface area (Å²) >= 11 is 0. The number of hydrogen-bond acceptors (Lipinski definition) is 14. The smallest absolute Gasteiger partial charge is 0.345 e. The first-order valence-electron chi connectivity index (χ1n) is 11.1. The number of fused-ring (bicyclic) bond motifs is 1. The summed E-state index contributed by atoms with van der Waals surface area (Å²) in [7, 11) is 1.09. The highest BCUT2D eigenvalue weighted by Crippen LogP contribution is 2.54. The molecular weight excluding hydrogens is 488 g/mol. The lowest BCUT2D eigenvalue weighted by Crippen LogP contribution is -2.67. The third-order valence-electron chi connectivity index (χ3n) is 6.81. The van der Waals surface area contributed by atoms with Crippen molar-refractivity contribution >= 4 is 11.9 Å². The number of benzene rings is 1. The van der Waals surface area contributed by atoms with Gasteiger partial charge in [-0.1, -0.05) is 12.1 Å². The van der Waals surface area contributed by atoms with Crippen molar-refractivity contribution in [2.75, 3.05) is 20.3 Å². The number of methoxy groups -OCH3 is 1. The zero-order chi connectivity index (χ0) is 26.4. The van der Waals surface area contributed by atoms with Gasteiger partial charge in [0, 0.05) is 5.92 Å². The summed E-state index contributed by atoms with van der Waals surface area (Å²) in [5.74, 6) is -6.40. The quantitative estimate of drug-likeness (QED) is 0.176. The molecule has 4 rings (SSSR count). The standard InChI is InChI=1S/C22H28O14/c1-32-14(26)6-11(9-2-4-10(24)5-3-9)21(31)20(30)35-18-12(25)8-33-22(18,21)36-19-17(29)16(28)15(27)13(7-23)34-19/h2-5,11-13,15-19,23-25,27-29,31H,6-8H2,1H3/t11-,12+,13-,15-,16+,17-,18-,19+,21-,22-/m1/s1. The summed E-state index contributed by atoms with van der Waals surface area (Å²) in [5.41, 5.74) is -2.71. The molecule has 0 bridgehead atoms. The molecule has 0 aliphatic carbocycles. The molecule has 14 heteroatoms. The van der Waals surface area contributed by atoms with Gasteiger partial charge < -0.3 is 59.4 Å². The Balaban J connectivity index is 1.81. The van der Waals surface area contributed by atoms with Crippen molar-refractivity contribution in [3.05, 3.63) is 29.8 Å². The van der Waals surface area contributed by atoms with Crippen molar-refractivity contribution in [1.29, 1.82) is 0 Å². The zero-order valence-electron chi connectivity index (χ0n) is 19.0. The predicted molar refractivity (Wildman–Crippen MR) is 112 cm³/mol. The summed E-state index contributed by atoms with van der Waals surface area (Å²) < 4.78 is 26.7. The van der Waals surface area contributed by atoms with E-state index in [0.29, 0.717) is 0 Å². The fourth-order valence-corrected chi connectivity index (χ4v) is 4.84. The van der Waals surface area contributed by atoms with Crippen LogP contribution in [0.2, 0.25) is 0 Å². The Morgan fingerprint density at radius 2 is 1.81 bits per heavy atom. The maximum absolute atomic E-state index is 13.2. The molecule has 0 radical (unpaired) electrons. The monoisotopic (exact) mass is 516 g/mol. The van der Waals surface area contributed by atoms with Gasteiger partial charge in [-0.2, -0.15) is 0 Å². The number of phenolic OH excluding ortho intramolecular Hbond substituents is 1. The molecule has 36 heavy (non-hydrogen) atoms. The number of aromatic hydroxyl groups is 1. The van der Waals surface area contributed by atoms with Gasteiger partial charge in [-0.3, -0.25) is 4.79 Å². The first-order valence-corrected chi connectivity index (χ1v) is 11.1. The van der Waals surface area contributed by atoms with Crippen LogP contribution in [0.5, 0.6) is 5.75 Å². The Kier molecular flexibility index (Phi) is 7.27. The maximum atomic E-state index is 13.2. The number of aliphatic hydroxyl groups is 6. The summed E-state index contributed by atoms with van der Waals surface area (Å²) in [6.07, 6.45) is -12.6. The molecule has 3 aliphatic heterocycles. The number of carbonyl (C=O) groups is 2. The molecule has 200 valence electrons. The molecule has 1 aromatic carbocycles. The fourth-order valence-electron chi connectivity index (χ4n) is 4.84. The van der Waals surface area contributed by atoms with Crippen molar-refractivity contribution < 1.29 is 69.0 Å². The number of ether oxygens (including phenoxy) is 5. The Morgan fingerprint density at radius 3 is 2.42 bits per heavy atom. The van der Waals surface area contributed by atoms with Crippen LogP contribution in [-0.2, 0) is 33.3 Å². The van der Waals surface area contributed by atoms with Crippen molar-refractivity contribution in [2.45, 2.75) is 66.6 Å². The largest absolute Gasteiger partial charge is 0.508 e. The van der Waals surface area contributed by atoms with E-state index in [2.05, 4.69) is 0 Å². The topological polar surface area (TPSA) is 222 Å². The molecule has 14 nitrogen and oxygen atoms in total. The second-order valence-electron chi connectivity index (χ2n) is 8.88. The fraction of sp³-hybridized carbons (Fsp3) is 0.636. The Hall–Kier alpha value is -2.40. The molecule has 10 atom stereocenters. The minimum Gasteiger partial charge on any atom is -0.508 e. The first-order chi connectivity index (χ1) is 17.0. The van der Waals surface area contributed by atoms with Gasteiger partial charge in [0.25, 0.3) is 5.79 Å². The molecule has 0 spiro atoms. The number of aliphatic hydroxyl groups excluding tert-OH is 5. The van der Waals surface area contributed by atoms with E-state index in [1.165, 1.54) is 24.3 Å². The number of carbonyl (C=O) groups excluding carboxylic acids is 2. The third-order valence-corrected chi connectivity index (χ3v) is 6.81. The molecule has 3 fully saturated rings. The normalized spacial score (nSPS) is 41.0. The highest BCUT2D eigenvalue weighted by Gasteiger charge is 2.78. The molecule has 0 aromatic heterocycles. The number of rotatable bonds is 7. The van der Waals surface area contributed by atoms with Crippen molar-refractivity contribution in [3.8, 4) is 5.75 Å². The number of hydrogen-bond donors (Lipinski definition) is 7. The lowest BCUT2D eigenvalue weighted by molar-refractivity contribution is -0.391. The average molecular weight is 516 g/mol. The molecule has 7 N–H and O–H groups in total. The van der Waals surface area contributed by atoms with Crippen LogP contribution < -0.4 is 0 Å². The van der Waals surface area contributed by atoms with E-state index in [-0.39, 0.29) is 11.3 Å². The predicted octanol–water partition coefficient (Wildman–Crippen LogP) is -3.40. The minimum atomic E-state index is -2.86. The van der Waals surface area contributed by atoms with E-state index < -0.39 is 91.8 Å². The van der Waals surface area contributed by atoms with Gasteiger partial charge in [0.2, 0.25) is 5.60 Å². The average Bonchev–Trinajstić information content (AvgIpc) is 3.29. The zero-order valence-corrected chi connectivity index (χ0v) is 19.0. The van der Waals surface area contributed by atoms with Crippen LogP contribution in [0, 0.1) is 0 Å². The van der Waals surface area contributed by atoms with E-state index in [1.807, 2.05) is 0 Å². The highest BCUT2D eigenvalue weighted by molar-refractivity contribution is 5.87. The lowest BCUT2D eigenvalue weighted by Gasteiger charge is -2.46. The molecule has 1 aromatic rings. The van der Waals surface area contributed by atoms with Gasteiger partial charge in [0.05, 0.1) is 26.7 Å². The van der Waals surface area contributed by atoms with Crippen LogP contribution in [0.3, 0.4) is 0 Å². The molecule has 3 heterocycles. The van der Waals surface area contributed by atoms with Crippen LogP contribution in [0.1, 0.15) is 17.9 Å². The molecule has 3 aliphatic rings. The van der Waals surface area contributed by atoms with Gasteiger partial charge in [0.15, 0.2) is 12.4 Å². The first kappa shape index (κ1) is 26.7. The van der Waals surface area contributed by atoms with Gasteiger partial charge in [-0.05, 0) is 17.7 Å². The van der Waals surface area contributed by atoms with Crippen LogP contribution >= 0.6 is 0 Å². The van der Waals surface area contributed by atoms with Crippen LogP contribution in [0.15, 0.2) is 24.3 Å². The third kappa shape index (κ3) is 4.04. The molecule has 0 unspecified atom stereocenters. The van der Waals surface area contributed by atoms with Gasteiger partial charge in [-0.25, -0.2) is 4.79 Å². The second kappa shape index (κ2) is 9.81. The highest BCUT2D eigenvalue weighted by atomic mass is 16.8. The van der Waals surface area contributed by atoms with Crippen molar-refractivity contribution in [2.24, 2.45) is 0 Å². The van der Waals surface area contributed by atoms with Crippen LogP contribution in [0.4, 0.5) is 0 Å². The van der Waals surface area contributed by atoms with Crippen molar-refractivity contribution in [3.63, 3.8) is 0 Å². The van der Waals surface area contributed by atoms with Gasteiger partial charge in [0.1, 0.15) is 36.3 Å². The van der Waals surface area contributed by atoms with Gasteiger partial charge >= 0.3 is 11.9 Å². The van der Waals surface area contributed by atoms with Crippen LogP contribution in [-0.4, -0.2) is 122 Å². The van der Waals surface area contributed by atoms with Crippen LogP contribution in [0.25, 0.3) is 0 Å². The SMILES string of the molecule is COC(=O)C[C@H](c1ccc(O)cc1)[C@@]1(O)C(=O)O[C@@H]2[C@@H](O)CO[C@@]21O[C@@H]1O[C@H](CO)[C@@H](O)[C@H](O)[C@H]1O. The Labute approximate surface area is 204 Å².